The normalized spacial score (nSPS) is 16.7. The van der Waals surface area contributed by atoms with Crippen LogP contribution in [-0.2, 0) is 19.4 Å². The van der Waals surface area contributed by atoms with Crippen molar-refractivity contribution < 1.29 is 27.9 Å². The van der Waals surface area contributed by atoms with Gasteiger partial charge in [0.15, 0.2) is 16.4 Å². The lowest BCUT2D eigenvalue weighted by molar-refractivity contribution is -0.139. The molecule has 1 unspecified atom stereocenters. The average Bonchev–Trinajstić information content (AvgIpc) is 2.61. The molecule has 7 nitrogen and oxygen atoms in total. The first-order valence-electron chi connectivity index (χ1n) is 9.20. The number of sulfone groups is 1. The molecule has 150 valence electrons. The van der Waals surface area contributed by atoms with Gasteiger partial charge in [0, 0.05) is 5.69 Å². The van der Waals surface area contributed by atoms with Crippen LogP contribution in [0.3, 0.4) is 0 Å². The highest BCUT2D eigenvalue weighted by Crippen LogP contribution is 2.29. The summed E-state index contributed by atoms with van der Waals surface area (Å²) >= 11 is 0. The zero-order valence-corrected chi connectivity index (χ0v) is 16.5. The van der Waals surface area contributed by atoms with E-state index < -0.39 is 38.8 Å². The van der Waals surface area contributed by atoms with Gasteiger partial charge >= 0.3 is 5.97 Å². The van der Waals surface area contributed by atoms with Crippen molar-refractivity contribution in [3.8, 4) is 5.75 Å². The molecular weight excluding hydrogens is 370 g/mol. The summed E-state index contributed by atoms with van der Waals surface area (Å²) in [5, 5.41) is 9.73. The highest BCUT2D eigenvalue weighted by molar-refractivity contribution is 7.93. The number of carboxylic acid groups (broad SMARTS) is 1. The predicted molar refractivity (Wildman–Crippen MR) is 103 cm³/mol. The van der Waals surface area contributed by atoms with Crippen LogP contribution in [0.1, 0.15) is 46.0 Å². The first-order chi connectivity index (χ1) is 12.7. The Kier molecular flexibility index (Phi) is 7.24. The second-order valence-electron chi connectivity index (χ2n) is 7.21. The molecule has 0 heterocycles. The van der Waals surface area contributed by atoms with Crippen LogP contribution >= 0.6 is 0 Å². The van der Waals surface area contributed by atoms with Gasteiger partial charge in [0.25, 0.3) is 0 Å². The summed E-state index contributed by atoms with van der Waals surface area (Å²) < 4.78 is 31.1. The molecular formula is C19H27NO6S. The molecule has 1 fully saturated rings. The van der Waals surface area contributed by atoms with Gasteiger partial charge in [-0.2, -0.15) is 0 Å². The van der Waals surface area contributed by atoms with Crippen molar-refractivity contribution in [2.75, 3.05) is 11.9 Å². The van der Waals surface area contributed by atoms with Crippen molar-refractivity contribution in [1.82, 2.24) is 0 Å². The standard InChI is InChI=1S/C19H27NO6S/c1-13(2)18(27(24,25)16-6-4-3-5-7-16)19(23)20-14-8-10-15(11-9-14)26-12-17(21)22/h8-11,13,16,18H,3-7,12H2,1-2H3,(H,20,23)(H,21,22). The molecule has 8 heteroatoms. The van der Waals surface area contributed by atoms with Crippen molar-refractivity contribution in [2.45, 2.75) is 56.5 Å². The third-order valence-electron chi connectivity index (χ3n) is 4.72. The highest BCUT2D eigenvalue weighted by Gasteiger charge is 2.41. The van der Waals surface area contributed by atoms with E-state index in [1.807, 2.05) is 0 Å². The van der Waals surface area contributed by atoms with Gasteiger partial charge in [-0.1, -0.05) is 33.1 Å². The molecule has 27 heavy (non-hydrogen) atoms. The number of hydrogen-bond acceptors (Lipinski definition) is 5. The number of carbonyl (C=O) groups excluding carboxylic acids is 1. The lowest BCUT2D eigenvalue weighted by atomic mass is 10.0. The monoisotopic (exact) mass is 397 g/mol. The largest absolute Gasteiger partial charge is 0.482 e. The van der Waals surface area contributed by atoms with E-state index in [0.717, 1.165) is 19.3 Å². The Hall–Kier alpha value is -2.09. The molecule has 1 atom stereocenters. The van der Waals surface area contributed by atoms with E-state index >= 15 is 0 Å². The molecule has 1 aromatic carbocycles. The molecule has 1 aromatic rings. The van der Waals surface area contributed by atoms with Crippen molar-refractivity contribution in [3.63, 3.8) is 0 Å². The molecule has 2 N–H and O–H groups in total. The summed E-state index contributed by atoms with van der Waals surface area (Å²) in [5.41, 5.74) is 0.437. The predicted octanol–water partition coefficient (Wildman–Crippen LogP) is 2.86. The van der Waals surface area contributed by atoms with Crippen LogP contribution in [0.5, 0.6) is 5.75 Å². The molecule has 0 saturated heterocycles. The number of benzene rings is 1. The van der Waals surface area contributed by atoms with Crippen LogP contribution < -0.4 is 10.1 Å². The van der Waals surface area contributed by atoms with Crippen molar-refractivity contribution >= 4 is 27.4 Å². The first kappa shape index (κ1) is 21.2. The zero-order chi connectivity index (χ0) is 20.0. The van der Waals surface area contributed by atoms with Crippen LogP contribution in [0.2, 0.25) is 0 Å². The second-order valence-corrected chi connectivity index (χ2v) is 9.56. The fourth-order valence-electron chi connectivity index (χ4n) is 3.43. The number of ether oxygens (including phenoxy) is 1. The van der Waals surface area contributed by atoms with E-state index in [2.05, 4.69) is 5.32 Å². The lowest BCUT2D eigenvalue weighted by Gasteiger charge is -2.28. The van der Waals surface area contributed by atoms with Gasteiger partial charge in [-0.05, 0) is 43.0 Å². The summed E-state index contributed by atoms with van der Waals surface area (Å²) in [6, 6.07) is 6.16. The van der Waals surface area contributed by atoms with Crippen LogP contribution in [0.4, 0.5) is 5.69 Å². The summed E-state index contributed by atoms with van der Waals surface area (Å²) in [6.45, 7) is 3.03. The lowest BCUT2D eigenvalue weighted by Crippen LogP contribution is -2.44. The number of nitrogens with one attached hydrogen (secondary N) is 1. The zero-order valence-electron chi connectivity index (χ0n) is 15.7. The number of hydrogen-bond donors (Lipinski definition) is 2. The van der Waals surface area contributed by atoms with E-state index in [0.29, 0.717) is 24.3 Å². The summed E-state index contributed by atoms with van der Waals surface area (Å²) in [6.07, 6.45) is 4.05. The Labute approximate surface area is 160 Å². The van der Waals surface area contributed by atoms with Gasteiger partial charge < -0.3 is 15.2 Å². The van der Waals surface area contributed by atoms with Crippen LogP contribution in [0, 0.1) is 5.92 Å². The number of amides is 1. The third kappa shape index (κ3) is 5.69. The first-order valence-corrected chi connectivity index (χ1v) is 10.8. The maximum Gasteiger partial charge on any atom is 0.341 e. The Balaban J connectivity index is 2.09. The fraction of sp³-hybridized carbons (Fsp3) is 0.579. The molecule has 0 bridgehead atoms. The topological polar surface area (TPSA) is 110 Å². The summed E-state index contributed by atoms with van der Waals surface area (Å²) in [5.74, 6) is -1.60. The second kappa shape index (κ2) is 9.21. The quantitative estimate of drug-likeness (QED) is 0.698. The summed E-state index contributed by atoms with van der Waals surface area (Å²) in [4.78, 5) is 23.3. The molecule has 0 aromatic heterocycles. The van der Waals surface area contributed by atoms with Gasteiger partial charge in [-0.15, -0.1) is 0 Å². The van der Waals surface area contributed by atoms with E-state index in [-0.39, 0.29) is 5.92 Å². The molecule has 1 aliphatic rings. The number of rotatable bonds is 8. The molecule has 0 radical (unpaired) electrons. The van der Waals surface area contributed by atoms with Crippen LogP contribution in [0.25, 0.3) is 0 Å². The van der Waals surface area contributed by atoms with Gasteiger partial charge in [-0.3, -0.25) is 4.79 Å². The number of anilines is 1. The van der Waals surface area contributed by atoms with Crippen molar-refractivity contribution in [3.05, 3.63) is 24.3 Å². The fourth-order valence-corrected chi connectivity index (χ4v) is 5.95. The summed E-state index contributed by atoms with van der Waals surface area (Å²) in [7, 11) is -3.57. The van der Waals surface area contributed by atoms with Gasteiger partial charge in [-0.25, -0.2) is 13.2 Å². The maximum absolute atomic E-state index is 13.0. The average molecular weight is 397 g/mol. The van der Waals surface area contributed by atoms with Gasteiger partial charge in [0.1, 0.15) is 11.0 Å². The third-order valence-corrected chi connectivity index (χ3v) is 7.59. The van der Waals surface area contributed by atoms with Gasteiger partial charge in [0.2, 0.25) is 5.91 Å². The van der Waals surface area contributed by atoms with E-state index in [1.54, 1.807) is 26.0 Å². The minimum Gasteiger partial charge on any atom is -0.482 e. The van der Waals surface area contributed by atoms with E-state index in [1.165, 1.54) is 12.1 Å². The minimum absolute atomic E-state index is 0.338. The highest BCUT2D eigenvalue weighted by atomic mass is 32.2. The Morgan fingerprint density at radius 2 is 1.74 bits per heavy atom. The van der Waals surface area contributed by atoms with E-state index in [4.69, 9.17) is 9.84 Å². The Morgan fingerprint density at radius 3 is 2.26 bits per heavy atom. The maximum atomic E-state index is 13.0. The van der Waals surface area contributed by atoms with Crippen molar-refractivity contribution in [2.24, 2.45) is 5.92 Å². The van der Waals surface area contributed by atoms with Crippen molar-refractivity contribution in [1.29, 1.82) is 0 Å². The van der Waals surface area contributed by atoms with Crippen LogP contribution in [-0.4, -0.2) is 42.5 Å². The van der Waals surface area contributed by atoms with Gasteiger partial charge in [0.05, 0.1) is 5.25 Å². The minimum atomic E-state index is -3.57. The van der Waals surface area contributed by atoms with Crippen LogP contribution in [0.15, 0.2) is 24.3 Å². The Morgan fingerprint density at radius 1 is 1.15 bits per heavy atom. The molecule has 1 saturated carbocycles. The molecule has 1 aliphatic carbocycles. The number of carbonyl (C=O) groups is 2. The molecule has 0 spiro atoms. The smallest absolute Gasteiger partial charge is 0.341 e. The molecule has 2 rings (SSSR count). The SMILES string of the molecule is CC(C)C(C(=O)Nc1ccc(OCC(=O)O)cc1)S(=O)(=O)C1CCCCC1. The Bertz CT molecular complexity index is 751. The number of aliphatic carboxylic acids is 1. The molecule has 1 amide bonds. The number of carboxylic acids is 1. The van der Waals surface area contributed by atoms with E-state index in [9.17, 15) is 18.0 Å². The molecule has 0 aliphatic heterocycles.